The standard InChI is InChI=1S/C31H37ClN2O3.C27H46N4O3/c1-6-27(31-29(32)8-7-9-30(31)37-5)28-18-23(11-10-22(28)2)20-33-12-14-34(15-13-33)21-24-16-25(35-3)19-26(17-24)36-4;1-5-22(2)7-6-10-28-23(3)25-21-31(12-11-29-25)20-24-8-9-26(32-4)27(19-24)34-18-15-30-13-16-33-17-14-30/h6-11,16-19H,12-15,20-21H2,1-5H3;8-9,19,22,25,28-29H,3,5-7,10-18,20-21H2,1-2,4H3/b27-6+;. The molecule has 3 saturated heterocycles. The van der Waals surface area contributed by atoms with Gasteiger partial charge in [-0.25, -0.2) is 0 Å². The van der Waals surface area contributed by atoms with E-state index in [2.05, 4.69) is 113 Å². The Labute approximate surface area is 431 Å². The maximum atomic E-state index is 6.64. The minimum absolute atomic E-state index is 0.278. The lowest BCUT2D eigenvalue weighted by molar-refractivity contribution is 0.0321. The Balaban J connectivity index is 0.000000233. The minimum Gasteiger partial charge on any atom is -0.497 e. The highest BCUT2D eigenvalue weighted by Crippen LogP contribution is 2.38. The van der Waals surface area contributed by atoms with Crippen LogP contribution in [0.3, 0.4) is 0 Å². The molecular weight excluding hydrogens is 912 g/mol. The molecule has 3 aliphatic rings. The predicted octanol–water partition coefficient (Wildman–Crippen LogP) is 9.55. The number of nitrogens with one attached hydrogen (secondary N) is 2. The Morgan fingerprint density at radius 1 is 0.775 bits per heavy atom. The molecule has 4 aromatic rings. The average molecular weight is 996 g/mol. The number of methoxy groups -OCH3 is 4. The molecule has 3 aliphatic heterocycles. The molecule has 71 heavy (non-hydrogen) atoms. The van der Waals surface area contributed by atoms with E-state index in [-0.39, 0.29) is 6.04 Å². The SMILES string of the molecule is C/C=C(\c1cc(CN2CCN(Cc3cc(OC)cc(OC)c3)CC2)ccc1C)c1c(Cl)cccc1OC.C=C(NCCCC(C)CC)C1CN(Cc2ccc(OC)c(OCCN3CCOCC3)c2)CCN1. The number of ether oxygens (including phenoxy) is 6. The molecular formula is C58H83ClN6O6. The largest absolute Gasteiger partial charge is 0.497 e. The lowest BCUT2D eigenvalue weighted by Gasteiger charge is -2.35. The zero-order valence-electron chi connectivity index (χ0n) is 44.1. The number of morpholine rings is 1. The van der Waals surface area contributed by atoms with Gasteiger partial charge in [-0.1, -0.05) is 68.8 Å². The van der Waals surface area contributed by atoms with Gasteiger partial charge in [0.05, 0.1) is 52.7 Å². The number of piperazine rings is 2. The van der Waals surface area contributed by atoms with Gasteiger partial charge in [0.15, 0.2) is 11.5 Å². The van der Waals surface area contributed by atoms with Gasteiger partial charge in [0.25, 0.3) is 0 Å². The van der Waals surface area contributed by atoms with Crippen molar-refractivity contribution in [3.63, 3.8) is 0 Å². The van der Waals surface area contributed by atoms with E-state index in [1.54, 1.807) is 28.4 Å². The molecule has 2 unspecified atom stereocenters. The van der Waals surface area contributed by atoms with Gasteiger partial charge in [0, 0.05) is 109 Å². The molecule has 0 saturated carbocycles. The van der Waals surface area contributed by atoms with Gasteiger partial charge >= 0.3 is 0 Å². The fraction of sp³-hybridized carbons (Fsp3) is 0.517. The van der Waals surface area contributed by atoms with Crippen molar-refractivity contribution < 1.29 is 28.4 Å². The second-order valence-electron chi connectivity index (χ2n) is 19.1. The van der Waals surface area contributed by atoms with Crippen LogP contribution in [0.5, 0.6) is 28.7 Å². The molecule has 0 aromatic heterocycles. The van der Waals surface area contributed by atoms with Crippen molar-refractivity contribution in [2.45, 2.75) is 72.6 Å². The number of rotatable bonds is 23. The average Bonchev–Trinajstić information content (AvgIpc) is 3.40. The highest BCUT2D eigenvalue weighted by atomic mass is 35.5. The highest BCUT2D eigenvalue weighted by Gasteiger charge is 2.23. The van der Waals surface area contributed by atoms with Crippen LogP contribution in [0.15, 0.2) is 91.1 Å². The van der Waals surface area contributed by atoms with Crippen LogP contribution in [0.25, 0.3) is 5.57 Å². The first-order valence-electron chi connectivity index (χ1n) is 25.8. The second kappa shape index (κ2) is 29.0. The Hall–Kier alpha value is -4.79. The van der Waals surface area contributed by atoms with Crippen molar-refractivity contribution in [1.29, 1.82) is 0 Å². The Morgan fingerprint density at radius 3 is 2.10 bits per heavy atom. The lowest BCUT2D eigenvalue weighted by atomic mass is 9.92. The van der Waals surface area contributed by atoms with Crippen LogP contribution in [-0.4, -0.2) is 146 Å². The molecule has 0 bridgehead atoms. The smallest absolute Gasteiger partial charge is 0.161 e. The van der Waals surface area contributed by atoms with Crippen molar-refractivity contribution in [3.8, 4) is 28.7 Å². The van der Waals surface area contributed by atoms with Crippen molar-refractivity contribution >= 4 is 17.2 Å². The van der Waals surface area contributed by atoms with Crippen molar-refractivity contribution in [3.05, 3.63) is 130 Å². The minimum atomic E-state index is 0.278. The number of halogens is 1. The quantitative estimate of drug-likeness (QED) is 0.0694. The van der Waals surface area contributed by atoms with Crippen LogP contribution in [0.1, 0.15) is 73.4 Å². The maximum absolute atomic E-state index is 6.64. The Kier molecular flexibility index (Phi) is 22.7. The normalized spacial score (nSPS) is 17.7. The van der Waals surface area contributed by atoms with E-state index >= 15 is 0 Å². The van der Waals surface area contributed by atoms with Crippen molar-refractivity contribution in [2.75, 3.05) is 120 Å². The molecule has 13 heteroatoms. The molecule has 12 nitrogen and oxygen atoms in total. The van der Waals surface area contributed by atoms with Crippen LogP contribution in [0.2, 0.25) is 5.02 Å². The molecule has 0 spiro atoms. The summed E-state index contributed by atoms with van der Waals surface area (Å²) in [7, 11) is 6.78. The molecule has 2 atom stereocenters. The first kappa shape index (κ1) is 55.5. The summed E-state index contributed by atoms with van der Waals surface area (Å²) in [6.45, 7) is 29.0. The predicted molar refractivity (Wildman–Crippen MR) is 291 cm³/mol. The third-order valence-electron chi connectivity index (χ3n) is 14.0. The summed E-state index contributed by atoms with van der Waals surface area (Å²) in [5.74, 6) is 4.87. The van der Waals surface area contributed by atoms with Crippen LogP contribution in [-0.2, 0) is 24.4 Å². The maximum Gasteiger partial charge on any atom is 0.161 e. The van der Waals surface area contributed by atoms with Crippen LogP contribution in [0.4, 0.5) is 0 Å². The van der Waals surface area contributed by atoms with Crippen LogP contribution < -0.4 is 34.3 Å². The molecule has 4 aromatic carbocycles. The Morgan fingerprint density at radius 2 is 1.44 bits per heavy atom. The Bertz CT molecular complexity index is 2270. The van der Waals surface area contributed by atoms with E-state index in [0.29, 0.717) is 11.6 Å². The molecule has 3 fully saturated rings. The molecule has 2 N–H and O–H groups in total. The van der Waals surface area contributed by atoms with Crippen LogP contribution in [0, 0.1) is 12.8 Å². The fourth-order valence-electron chi connectivity index (χ4n) is 9.52. The van der Waals surface area contributed by atoms with Gasteiger partial charge in [-0.15, -0.1) is 0 Å². The first-order valence-corrected chi connectivity index (χ1v) is 26.2. The number of hydrogen-bond donors (Lipinski definition) is 2. The third-order valence-corrected chi connectivity index (χ3v) is 14.4. The summed E-state index contributed by atoms with van der Waals surface area (Å²) in [6, 6.07) is 25.3. The lowest BCUT2D eigenvalue weighted by Crippen LogP contribution is -2.52. The third kappa shape index (κ3) is 16.9. The summed E-state index contributed by atoms with van der Waals surface area (Å²) in [5, 5.41) is 7.88. The van der Waals surface area contributed by atoms with E-state index in [1.807, 2.05) is 30.3 Å². The summed E-state index contributed by atoms with van der Waals surface area (Å²) < 4.78 is 33.6. The van der Waals surface area contributed by atoms with E-state index in [0.717, 1.165) is 156 Å². The number of aryl methyl sites for hydroxylation is 1. The van der Waals surface area contributed by atoms with Gasteiger partial charge in [-0.3, -0.25) is 19.6 Å². The summed E-state index contributed by atoms with van der Waals surface area (Å²) in [5.41, 5.74) is 9.32. The monoisotopic (exact) mass is 995 g/mol. The van der Waals surface area contributed by atoms with Gasteiger partial charge in [0.2, 0.25) is 0 Å². The first-order chi connectivity index (χ1) is 34.5. The molecule has 0 radical (unpaired) electrons. The number of hydrogen-bond acceptors (Lipinski definition) is 12. The number of benzene rings is 4. The van der Waals surface area contributed by atoms with E-state index in [9.17, 15) is 0 Å². The number of nitrogens with zero attached hydrogens (tertiary/aromatic N) is 4. The van der Waals surface area contributed by atoms with E-state index < -0.39 is 0 Å². The zero-order valence-corrected chi connectivity index (χ0v) is 44.9. The molecule has 7 rings (SSSR count). The van der Waals surface area contributed by atoms with Crippen LogP contribution >= 0.6 is 11.6 Å². The van der Waals surface area contributed by atoms with Gasteiger partial charge in [0.1, 0.15) is 23.9 Å². The highest BCUT2D eigenvalue weighted by molar-refractivity contribution is 6.33. The van der Waals surface area contributed by atoms with E-state index in [4.69, 9.17) is 40.0 Å². The molecule has 3 heterocycles. The van der Waals surface area contributed by atoms with Gasteiger partial charge in [-0.2, -0.15) is 0 Å². The topological polar surface area (TPSA) is 92.4 Å². The number of allylic oxidation sites excluding steroid dienone is 1. The van der Waals surface area contributed by atoms with E-state index in [1.165, 1.54) is 47.1 Å². The second-order valence-corrected chi connectivity index (χ2v) is 19.5. The zero-order chi connectivity index (χ0) is 50.5. The van der Waals surface area contributed by atoms with Crippen molar-refractivity contribution in [1.82, 2.24) is 30.2 Å². The summed E-state index contributed by atoms with van der Waals surface area (Å²) >= 11 is 6.64. The summed E-state index contributed by atoms with van der Waals surface area (Å²) in [6.07, 6.45) is 5.86. The van der Waals surface area contributed by atoms with Gasteiger partial charge in [-0.05, 0) is 108 Å². The van der Waals surface area contributed by atoms with Gasteiger partial charge < -0.3 is 39.1 Å². The molecule has 0 amide bonds. The van der Waals surface area contributed by atoms with Crippen molar-refractivity contribution in [2.24, 2.45) is 5.92 Å². The molecule has 388 valence electrons. The fourth-order valence-corrected chi connectivity index (χ4v) is 9.79. The summed E-state index contributed by atoms with van der Waals surface area (Å²) in [4.78, 5) is 9.90. The molecule has 0 aliphatic carbocycles.